The second-order valence-corrected chi connectivity index (χ2v) is 24.0. The Labute approximate surface area is 398 Å². The number of hydrogen-bond acceptors (Lipinski definition) is 4. The second kappa shape index (κ2) is 18.9. The number of nitrogens with zero attached hydrogens (tertiary/aromatic N) is 4. The molecule has 5 nitrogen and oxygen atoms in total. The van der Waals surface area contributed by atoms with Gasteiger partial charge in [0.05, 0.1) is 36.2 Å². The van der Waals surface area contributed by atoms with Gasteiger partial charge in [-0.1, -0.05) is 150 Å². The zero-order chi connectivity index (χ0) is 44.7. The Balaban J connectivity index is 0.000000232. The molecular weight excluding hydrogens is 989 g/mol. The van der Waals surface area contributed by atoms with Gasteiger partial charge in [-0.2, -0.15) is 0 Å². The molecule has 0 unspecified atom stereocenters. The third-order valence-corrected chi connectivity index (χ3v) is 14.1. The van der Waals surface area contributed by atoms with Crippen LogP contribution in [-0.2, 0) is 26.5 Å². The predicted molar refractivity (Wildman–Crippen MR) is 272 cm³/mol. The van der Waals surface area contributed by atoms with E-state index in [-0.39, 0.29) is 26.0 Å². The quantitative estimate of drug-likeness (QED) is 0.107. The van der Waals surface area contributed by atoms with Crippen molar-refractivity contribution in [2.24, 2.45) is 5.92 Å². The molecular formula is C58H56IrN4OSi-2. The largest absolute Gasteiger partial charge is 0.486 e. The van der Waals surface area contributed by atoms with Crippen LogP contribution in [0.25, 0.3) is 83.5 Å². The van der Waals surface area contributed by atoms with Gasteiger partial charge in [0.1, 0.15) is 0 Å². The van der Waals surface area contributed by atoms with Gasteiger partial charge in [-0.05, 0) is 87.3 Å². The van der Waals surface area contributed by atoms with Gasteiger partial charge in [-0.15, -0.1) is 54.1 Å². The smallest absolute Gasteiger partial charge is 0.216 e. The molecule has 4 aromatic heterocycles. The number of fused-ring (bicyclic) bond motifs is 5. The van der Waals surface area contributed by atoms with Crippen LogP contribution < -0.4 is 5.19 Å². The van der Waals surface area contributed by atoms with E-state index in [1.165, 1.54) is 38.3 Å². The van der Waals surface area contributed by atoms with Gasteiger partial charge in [0.2, 0.25) is 5.71 Å². The van der Waals surface area contributed by atoms with E-state index in [1.54, 1.807) is 0 Å². The monoisotopic (exact) mass is 1050 g/mol. The van der Waals surface area contributed by atoms with E-state index in [0.717, 1.165) is 67.7 Å². The number of rotatable bonds is 9. The van der Waals surface area contributed by atoms with Crippen LogP contribution in [0, 0.1) is 18.1 Å². The van der Waals surface area contributed by atoms with Crippen molar-refractivity contribution in [3.8, 4) is 39.6 Å². The topological polar surface area (TPSA) is 56.7 Å². The number of para-hydroxylation sites is 2. The van der Waals surface area contributed by atoms with Gasteiger partial charge in [-0.25, -0.2) is 4.98 Å². The summed E-state index contributed by atoms with van der Waals surface area (Å²) >= 11 is 0. The van der Waals surface area contributed by atoms with Crippen LogP contribution in [-0.4, -0.2) is 27.6 Å². The predicted octanol–water partition coefficient (Wildman–Crippen LogP) is 15.1. The summed E-state index contributed by atoms with van der Waals surface area (Å²) in [5.41, 5.74) is 13.5. The van der Waals surface area contributed by atoms with E-state index in [2.05, 4.69) is 186 Å². The van der Waals surface area contributed by atoms with E-state index in [9.17, 15) is 0 Å². The molecule has 0 saturated heterocycles. The number of benzene rings is 6. The van der Waals surface area contributed by atoms with Crippen molar-refractivity contribution in [3.63, 3.8) is 0 Å². The molecule has 1 radical (unpaired) electrons. The fraction of sp³-hybridized carbons (Fsp3) is 0.224. The zero-order valence-electron chi connectivity index (χ0n) is 38.8. The molecule has 0 aliphatic heterocycles. The number of hydrogen-bond donors (Lipinski definition) is 0. The first-order chi connectivity index (χ1) is 30.9. The summed E-state index contributed by atoms with van der Waals surface area (Å²) in [4.78, 5) is 14.9. The summed E-state index contributed by atoms with van der Waals surface area (Å²) in [6.45, 7) is 20.9. The number of furan rings is 1. The van der Waals surface area contributed by atoms with E-state index < -0.39 is 8.07 Å². The van der Waals surface area contributed by atoms with Gasteiger partial charge < -0.3 is 14.0 Å². The van der Waals surface area contributed by atoms with Crippen molar-refractivity contribution in [1.29, 1.82) is 0 Å². The van der Waals surface area contributed by atoms with E-state index >= 15 is 0 Å². The number of pyridine rings is 2. The standard InChI is InChI=1S/C40H32N3O.C18H24NSi.Ir/c1-24(2)32-23-27-15-8-9-16-28(27)36(25(3)4)37(32)43-35-20-11-10-19-34(35)41-39(43)31-18-12-17-29-30-21-22-33(26-13-6-5-7-14-26)42-40(30)44-38(29)31;1-14(2)11-16-12-17(15-9-7-6-8-10-15)19-13-18(16)20(3,4)5;/h5-17,19-25H,1-4H3;6-9,12-14H,11H2,1-5H3;/q2*-1;. The van der Waals surface area contributed by atoms with Crippen molar-refractivity contribution in [3.05, 3.63) is 175 Å². The molecule has 0 fully saturated rings. The van der Waals surface area contributed by atoms with Crippen molar-refractivity contribution >= 4 is 57.1 Å². The van der Waals surface area contributed by atoms with Crippen LogP contribution >= 0.6 is 0 Å². The molecule has 0 atom stereocenters. The van der Waals surface area contributed by atoms with Gasteiger partial charge in [0.15, 0.2) is 0 Å². The van der Waals surface area contributed by atoms with Crippen LogP contribution in [0.3, 0.4) is 0 Å². The maximum atomic E-state index is 6.62. The Morgan fingerprint density at radius 3 is 2.12 bits per heavy atom. The molecule has 329 valence electrons. The summed E-state index contributed by atoms with van der Waals surface area (Å²) in [5.74, 6) is 2.07. The Hall–Kier alpha value is -5.98. The minimum Gasteiger partial charge on any atom is -0.486 e. The van der Waals surface area contributed by atoms with Crippen LogP contribution in [0.2, 0.25) is 19.6 Å². The first-order valence-electron chi connectivity index (χ1n) is 22.7. The SMILES string of the molecule is CC(C)Cc1cc(-c2[c-]cccc2)ncc1[Si](C)(C)C.CC(C)c1cc2ccccc2c(C(C)C)c1-n1c(-c2[c-]ccc3c2oc2nc(-c4ccccc4)ccc23)nc2ccccc21.[Ir]. The third kappa shape index (κ3) is 9.03. The normalized spacial score (nSPS) is 11.8. The van der Waals surface area contributed by atoms with E-state index in [0.29, 0.717) is 17.5 Å². The summed E-state index contributed by atoms with van der Waals surface area (Å²) in [7, 11) is -1.34. The van der Waals surface area contributed by atoms with Crippen LogP contribution in [0.15, 0.2) is 150 Å². The van der Waals surface area contributed by atoms with Gasteiger partial charge >= 0.3 is 0 Å². The molecule has 0 amide bonds. The number of aromatic nitrogens is 4. The minimum atomic E-state index is -1.34. The molecule has 6 aromatic carbocycles. The van der Waals surface area contributed by atoms with Crippen molar-refractivity contribution in [1.82, 2.24) is 19.5 Å². The van der Waals surface area contributed by atoms with E-state index in [4.69, 9.17) is 14.4 Å². The average Bonchev–Trinajstić information content (AvgIpc) is 3.87. The molecule has 0 bridgehead atoms. The van der Waals surface area contributed by atoms with Crippen LogP contribution in [0.1, 0.15) is 70.1 Å². The first-order valence-corrected chi connectivity index (χ1v) is 26.2. The Morgan fingerprint density at radius 2 is 1.40 bits per heavy atom. The molecule has 0 aliphatic rings. The molecule has 0 spiro atoms. The van der Waals surface area contributed by atoms with Crippen LogP contribution in [0.4, 0.5) is 0 Å². The average molecular weight is 1050 g/mol. The van der Waals surface area contributed by atoms with Gasteiger partial charge in [-0.3, -0.25) is 4.98 Å². The molecule has 65 heavy (non-hydrogen) atoms. The molecule has 4 heterocycles. The minimum absolute atomic E-state index is 0. The Bertz CT molecular complexity index is 3270. The van der Waals surface area contributed by atoms with Crippen LogP contribution in [0.5, 0.6) is 0 Å². The summed E-state index contributed by atoms with van der Waals surface area (Å²) in [6, 6.07) is 55.1. The summed E-state index contributed by atoms with van der Waals surface area (Å²) in [5, 5.41) is 6.01. The van der Waals surface area contributed by atoms with Gasteiger partial charge in [0, 0.05) is 42.9 Å². The maximum absolute atomic E-state index is 6.62. The molecule has 0 aliphatic carbocycles. The second-order valence-electron chi connectivity index (χ2n) is 19.0. The third-order valence-electron chi connectivity index (χ3n) is 12.1. The maximum Gasteiger partial charge on any atom is 0.216 e. The van der Waals surface area contributed by atoms with Crippen molar-refractivity contribution in [2.75, 3.05) is 0 Å². The molecule has 7 heteroatoms. The fourth-order valence-electron chi connectivity index (χ4n) is 9.12. The molecule has 0 saturated carbocycles. The van der Waals surface area contributed by atoms with Crippen molar-refractivity contribution in [2.45, 2.75) is 79.4 Å². The number of imidazole rings is 1. The van der Waals surface area contributed by atoms with Crippen molar-refractivity contribution < 1.29 is 24.5 Å². The molecule has 10 rings (SSSR count). The Morgan fingerprint density at radius 1 is 0.662 bits per heavy atom. The fourth-order valence-corrected chi connectivity index (χ4v) is 10.7. The zero-order valence-corrected chi connectivity index (χ0v) is 42.2. The summed E-state index contributed by atoms with van der Waals surface area (Å²) < 4.78 is 8.97. The first kappa shape index (κ1) is 45.6. The molecule has 0 N–H and O–H groups in total. The van der Waals surface area contributed by atoms with E-state index in [1.807, 2.05) is 42.5 Å². The van der Waals surface area contributed by atoms with Gasteiger partial charge in [0.25, 0.3) is 0 Å². The molecule has 10 aromatic rings. The summed E-state index contributed by atoms with van der Waals surface area (Å²) in [6.07, 6.45) is 3.24. The Kier molecular flexibility index (Phi) is 13.2.